The second-order valence-electron chi connectivity index (χ2n) is 5.84. The number of benzene rings is 2. The van der Waals surface area contributed by atoms with E-state index in [0.717, 1.165) is 21.3 Å². The van der Waals surface area contributed by atoms with E-state index < -0.39 is 0 Å². The molecule has 0 saturated heterocycles. The van der Waals surface area contributed by atoms with Crippen molar-refractivity contribution >= 4 is 61.7 Å². The molecule has 2 aromatic heterocycles. The summed E-state index contributed by atoms with van der Waals surface area (Å²) in [6, 6.07) is 19.1. The molecule has 0 unspecified atom stereocenters. The lowest BCUT2D eigenvalue weighted by molar-refractivity contribution is 0.0991. The highest BCUT2D eigenvalue weighted by Gasteiger charge is 2.22. The molecule has 0 saturated carbocycles. The van der Waals surface area contributed by atoms with E-state index in [9.17, 15) is 4.79 Å². The highest BCUT2D eigenvalue weighted by molar-refractivity contribution is 7.22. The van der Waals surface area contributed by atoms with Crippen molar-refractivity contribution in [1.82, 2.24) is 4.98 Å². The Hall–Kier alpha value is -2.54. The second kappa shape index (κ2) is 7.60. The largest absolute Gasteiger partial charge is 0.290 e. The zero-order chi connectivity index (χ0) is 18.8. The maximum Gasteiger partial charge on any atom is 0.290 e. The molecule has 2 heterocycles. The normalized spacial score (nSPS) is 11.3. The van der Waals surface area contributed by atoms with Gasteiger partial charge in [0.25, 0.3) is 5.91 Å². The molecule has 0 aliphatic carbocycles. The molecular formula is C20H14ClN3OS2. The number of carbonyl (C=O) groups excluding carboxylic acids is 1. The molecule has 2 aromatic carbocycles. The molecule has 0 N–H and O–H groups in total. The van der Waals surface area contributed by atoms with E-state index in [1.54, 1.807) is 18.3 Å². The standard InChI is InChI=1S/C20H14ClN3OS2/c1-13-7-8-15-17(11-13)27-20(23-15)24(19(25)16-9-10-18(21)26-16)22-12-14-5-3-2-4-6-14/h2-12H,1H3/b22-12+. The van der Waals surface area contributed by atoms with Crippen LogP contribution in [0.3, 0.4) is 0 Å². The number of carbonyl (C=O) groups is 1. The van der Waals surface area contributed by atoms with Gasteiger partial charge in [0.15, 0.2) is 0 Å². The lowest BCUT2D eigenvalue weighted by Gasteiger charge is -2.12. The van der Waals surface area contributed by atoms with Gasteiger partial charge in [0.05, 0.1) is 25.6 Å². The van der Waals surface area contributed by atoms with Gasteiger partial charge in [-0.25, -0.2) is 4.98 Å². The zero-order valence-electron chi connectivity index (χ0n) is 14.3. The minimum Gasteiger partial charge on any atom is -0.266 e. The summed E-state index contributed by atoms with van der Waals surface area (Å²) in [5.74, 6) is -0.255. The van der Waals surface area contributed by atoms with Gasteiger partial charge in [0.1, 0.15) is 0 Å². The van der Waals surface area contributed by atoms with Gasteiger partial charge >= 0.3 is 0 Å². The first-order valence-corrected chi connectivity index (χ1v) is 10.2. The third-order valence-corrected chi connectivity index (χ3v) is 6.02. The number of amides is 1. The summed E-state index contributed by atoms with van der Waals surface area (Å²) in [7, 11) is 0. The van der Waals surface area contributed by atoms with Crippen LogP contribution in [0.5, 0.6) is 0 Å². The summed E-state index contributed by atoms with van der Waals surface area (Å²) in [5, 5.41) is 6.31. The van der Waals surface area contributed by atoms with Crippen molar-refractivity contribution in [2.75, 3.05) is 5.01 Å². The highest BCUT2D eigenvalue weighted by atomic mass is 35.5. The Morgan fingerprint density at radius 2 is 1.93 bits per heavy atom. The number of hydrogen-bond acceptors (Lipinski definition) is 5. The molecule has 4 rings (SSSR count). The molecule has 4 aromatic rings. The first-order chi connectivity index (χ1) is 13.1. The number of thiazole rings is 1. The summed E-state index contributed by atoms with van der Waals surface area (Å²) >= 11 is 8.67. The molecule has 0 atom stereocenters. The number of anilines is 1. The van der Waals surface area contributed by atoms with Crippen LogP contribution in [0.2, 0.25) is 4.34 Å². The quantitative estimate of drug-likeness (QED) is 0.305. The predicted molar refractivity (Wildman–Crippen MR) is 115 cm³/mol. The van der Waals surface area contributed by atoms with E-state index in [4.69, 9.17) is 11.6 Å². The number of aryl methyl sites for hydroxylation is 1. The summed E-state index contributed by atoms with van der Waals surface area (Å²) in [5.41, 5.74) is 2.89. The Labute approximate surface area is 169 Å². The van der Waals surface area contributed by atoms with Gasteiger partial charge in [0.2, 0.25) is 5.13 Å². The van der Waals surface area contributed by atoms with Crippen molar-refractivity contribution in [2.24, 2.45) is 5.10 Å². The first kappa shape index (κ1) is 17.9. The molecule has 1 amide bonds. The first-order valence-electron chi connectivity index (χ1n) is 8.16. The van der Waals surface area contributed by atoms with Gasteiger partial charge in [0, 0.05) is 0 Å². The average molecular weight is 412 g/mol. The molecule has 7 heteroatoms. The van der Waals surface area contributed by atoms with Crippen LogP contribution in [0, 0.1) is 6.92 Å². The number of thiophene rings is 1. The Bertz CT molecular complexity index is 1130. The molecule has 4 nitrogen and oxygen atoms in total. The lowest BCUT2D eigenvalue weighted by Crippen LogP contribution is -2.24. The fourth-order valence-electron chi connectivity index (χ4n) is 2.50. The molecule has 0 bridgehead atoms. The number of hydrazone groups is 1. The van der Waals surface area contributed by atoms with Gasteiger partial charge < -0.3 is 0 Å². The third kappa shape index (κ3) is 3.93. The minimum absolute atomic E-state index is 0.255. The van der Waals surface area contributed by atoms with E-state index in [1.165, 1.54) is 27.7 Å². The van der Waals surface area contributed by atoms with Crippen molar-refractivity contribution in [3.8, 4) is 0 Å². The van der Waals surface area contributed by atoms with Crippen molar-refractivity contribution in [3.63, 3.8) is 0 Å². The molecule has 0 aliphatic rings. The SMILES string of the molecule is Cc1ccc2nc(N(/N=C/c3ccccc3)C(=O)c3ccc(Cl)s3)sc2c1. The molecule has 0 radical (unpaired) electrons. The fourth-order valence-corrected chi connectivity index (χ4v) is 4.48. The lowest BCUT2D eigenvalue weighted by atomic mass is 10.2. The van der Waals surface area contributed by atoms with Crippen LogP contribution in [-0.4, -0.2) is 17.1 Å². The molecule has 134 valence electrons. The Balaban J connectivity index is 1.76. The van der Waals surface area contributed by atoms with Crippen molar-refractivity contribution in [3.05, 3.63) is 81.0 Å². The van der Waals surface area contributed by atoms with Crippen LogP contribution < -0.4 is 5.01 Å². The maximum atomic E-state index is 13.1. The Morgan fingerprint density at radius 1 is 1.11 bits per heavy atom. The Morgan fingerprint density at radius 3 is 2.67 bits per heavy atom. The van der Waals surface area contributed by atoms with E-state index in [1.807, 2.05) is 49.4 Å². The smallest absolute Gasteiger partial charge is 0.266 e. The molecule has 27 heavy (non-hydrogen) atoms. The number of aromatic nitrogens is 1. The van der Waals surface area contributed by atoms with E-state index >= 15 is 0 Å². The number of rotatable bonds is 4. The van der Waals surface area contributed by atoms with Crippen molar-refractivity contribution < 1.29 is 4.79 Å². The highest BCUT2D eigenvalue weighted by Crippen LogP contribution is 2.32. The minimum atomic E-state index is -0.255. The van der Waals surface area contributed by atoms with Gasteiger partial charge in [-0.05, 0) is 42.3 Å². The number of nitrogens with zero attached hydrogens (tertiary/aromatic N) is 3. The van der Waals surface area contributed by atoms with Gasteiger partial charge in [-0.3, -0.25) is 4.79 Å². The number of fused-ring (bicyclic) bond motifs is 1. The summed E-state index contributed by atoms with van der Waals surface area (Å²) in [6.07, 6.45) is 1.66. The van der Waals surface area contributed by atoms with E-state index in [2.05, 4.69) is 16.2 Å². The summed E-state index contributed by atoms with van der Waals surface area (Å²) < 4.78 is 1.58. The van der Waals surface area contributed by atoms with Gasteiger partial charge in [-0.15, -0.1) is 11.3 Å². The molecule has 0 spiro atoms. The van der Waals surface area contributed by atoms with E-state index in [0.29, 0.717) is 14.3 Å². The predicted octanol–water partition coefficient (Wildman–Crippen LogP) is 6.00. The monoisotopic (exact) mass is 411 g/mol. The third-order valence-electron chi connectivity index (χ3n) is 3.81. The summed E-state index contributed by atoms with van der Waals surface area (Å²) in [4.78, 5) is 18.2. The molecule has 0 fully saturated rings. The summed E-state index contributed by atoms with van der Waals surface area (Å²) in [6.45, 7) is 2.03. The van der Waals surface area contributed by atoms with Crippen LogP contribution >= 0.6 is 34.3 Å². The van der Waals surface area contributed by atoms with Gasteiger partial charge in [-0.2, -0.15) is 10.1 Å². The van der Waals surface area contributed by atoms with Crippen LogP contribution in [0.25, 0.3) is 10.2 Å². The van der Waals surface area contributed by atoms with Crippen LogP contribution in [0.15, 0.2) is 65.8 Å². The van der Waals surface area contributed by atoms with Crippen molar-refractivity contribution in [2.45, 2.75) is 6.92 Å². The van der Waals surface area contributed by atoms with Crippen molar-refractivity contribution in [1.29, 1.82) is 0 Å². The number of hydrogen-bond donors (Lipinski definition) is 0. The topological polar surface area (TPSA) is 45.6 Å². The van der Waals surface area contributed by atoms with Crippen LogP contribution in [0.1, 0.15) is 20.8 Å². The Kier molecular flexibility index (Phi) is 5.03. The number of halogens is 1. The zero-order valence-corrected chi connectivity index (χ0v) is 16.7. The fraction of sp³-hybridized carbons (Fsp3) is 0.0500. The van der Waals surface area contributed by atoms with Gasteiger partial charge in [-0.1, -0.05) is 59.3 Å². The maximum absolute atomic E-state index is 13.1. The molecular weight excluding hydrogens is 398 g/mol. The van der Waals surface area contributed by atoms with Crippen LogP contribution in [0.4, 0.5) is 5.13 Å². The second-order valence-corrected chi connectivity index (χ2v) is 8.57. The van der Waals surface area contributed by atoms with E-state index in [-0.39, 0.29) is 5.91 Å². The van der Waals surface area contributed by atoms with Crippen LogP contribution in [-0.2, 0) is 0 Å². The average Bonchev–Trinajstić information content (AvgIpc) is 3.28. The molecule has 0 aliphatic heterocycles.